The van der Waals surface area contributed by atoms with E-state index in [4.69, 9.17) is 0 Å². The second-order valence-corrected chi connectivity index (χ2v) is 5.69. The molecule has 2 atom stereocenters. The van der Waals surface area contributed by atoms with Gasteiger partial charge in [-0.15, -0.1) is 0 Å². The van der Waals surface area contributed by atoms with Crippen LogP contribution in [0.25, 0.3) is 0 Å². The summed E-state index contributed by atoms with van der Waals surface area (Å²) in [6, 6.07) is 0.688. The molecule has 1 aliphatic rings. The van der Waals surface area contributed by atoms with E-state index in [1.54, 1.807) is 0 Å². The minimum absolute atomic E-state index is 0.688. The summed E-state index contributed by atoms with van der Waals surface area (Å²) >= 11 is 0. The third-order valence-corrected chi connectivity index (χ3v) is 3.92. The van der Waals surface area contributed by atoms with Gasteiger partial charge >= 0.3 is 0 Å². The van der Waals surface area contributed by atoms with Crippen LogP contribution < -0.4 is 5.32 Å². The molecule has 1 aliphatic heterocycles. The van der Waals surface area contributed by atoms with Gasteiger partial charge in [0, 0.05) is 12.6 Å². The monoisotopic (exact) mass is 226 g/mol. The Morgan fingerprint density at radius 2 is 2.06 bits per heavy atom. The lowest BCUT2D eigenvalue weighted by Crippen LogP contribution is -2.28. The van der Waals surface area contributed by atoms with Crippen LogP contribution in [0.5, 0.6) is 0 Å². The molecule has 2 nitrogen and oxygen atoms in total. The van der Waals surface area contributed by atoms with Crippen molar-refractivity contribution >= 4 is 0 Å². The van der Waals surface area contributed by atoms with Crippen molar-refractivity contribution in [2.75, 3.05) is 26.2 Å². The molecule has 16 heavy (non-hydrogen) atoms. The lowest BCUT2D eigenvalue weighted by molar-refractivity contribution is 0.292. The standard InChI is InChI=1S/C14H30N2/c1-5-15-13(4)7-6-9-16-10-8-14(11-16)12(2)3/h12-15H,5-11H2,1-4H3. The van der Waals surface area contributed by atoms with E-state index in [1.807, 2.05) is 0 Å². The average Bonchev–Trinajstić information content (AvgIpc) is 2.67. The Morgan fingerprint density at radius 3 is 2.62 bits per heavy atom. The maximum Gasteiger partial charge on any atom is 0.00390 e. The van der Waals surface area contributed by atoms with E-state index in [9.17, 15) is 0 Å². The number of rotatable bonds is 7. The summed E-state index contributed by atoms with van der Waals surface area (Å²) in [5.74, 6) is 1.82. The highest BCUT2D eigenvalue weighted by Crippen LogP contribution is 2.23. The Balaban J connectivity index is 2.06. The number of likely N-dealkylation sites (tertiary alicyclic amines) is 1. The third-order valence-electron chi connectivity index (χ3n) is 3.92. The van der Waals surface area contributed by atoms with E-state index in [1.165, 1.54) is 38.9 Å². The number of nitrogens with zero attached hydrogens (tertiary/aromatic N) is 1. The maximum atomic E-state index is 3.48. The highest BCUT2D eigenvalue weighted by Gasteiger charge is 2.24. The fraction of sp³-hybridized carbons (Fsp3) is 1.00. The molecule has 0 aromatic heterocycles. The lowest BCUT2D eigenvalue weighted by Gasteiger charge is -2.19. The fourth-order valence-corrected chi connectivity index (χ4v) is 2.68. The van der Waals surface area contributed by atoms with Gasteiger partial charge in [-0.2, -0.15) is 0 Å². The first-order valence-corrected chi connectivity index (χ1v) is 7.09. The molecule has 0 spiro atoms. The number of nitrogens with one attached hydrogen (secondary N) is 1. The van der Waals surface area contributed by atoms with Crippen molar-refractivity contribution in [1.29, 1.82) is 0 Å². The van der Waals surface area contributed by atoms with Gasteiger partial charge in [0.1, 0.15) is 0 Å². The zero-order valence-electron chi connectivity index (χ0n) is 11.6. The molecule has 0 aliphatic carbocycles. The van der Waals surface area contributed by atoms with Crippen LogP contribution in [0, 0.1) is 11.8 Å². The highest BCUT2D eigenvalue weighted by molar-refractivity contribution is 4.77. The first-order valence-electron chi connectivity index (χ1n) is 7.09. The summed E-state index contributed by atoms with van der Waals surface area (Å²) in [7, 11) is 0. The van der Waals surface area contributed by atoms with E-state index in [-0.39, 0.29) is 0 Å². The molecule has 0 saturated carbocycles. The number of hydrogen-bond donors (Lipinski definition) is 1. The Morgan fingerprint density at radius 1 is 1.31 bits per heavy atom. The molecular weight excluding hydrogens is 196 g/mol. The molecule has 0 amide bonds. The molecule has 0 bridgehead atoms. The molecule has 1 rings (SSSR count). The molecular formula is C14H30N2. The fourth-order valence-electron chi connectivity index (χ4n) is 2.68. The highest BCUT2D eigenvalue weighted by atomic mass is 15.1. The second-order valence-electron chi connectivity index (χ2n) is 5.69. The zero-order valence-corrected chi connectivity index (χ0v) is 11.6. The van der Waals surface area contributed by atoms with Gasteiger partial charge in [0.15, 0.2) is 0 Å². The van der Waals surface area contributed by atoms with Crippen LogP contribution in [-0.2, 0) is 0 Å². The van der Waals surface area contributed by atoms with Crippen LogP contribution in [0.3, 0.4) is 0 Å². The Bertz CT molecular complexity index is 180. The molecule has 0 radical (unpaired) electrons. The van der Waals surface area contributed by atoms with Crippen molar-refractivity contribution < 1.29 is 0 Å². The normalized spacial score (nSPS) is 24.2. The van der Waals surface area contributed by atoms with Crippen molar-refractivity contribution in [3.8, 4) is 0 Å². The van der Waals surface area contributed by atoms with Gasteiger partial charge in [-0.25, -0.2) is 0 Å². The van der Waals surface area contributed by atoms with E-state index < -0.39 is 0 Å². The topological polar surface area (TPSA) is 15.3 Å². The summed E-state index contributed by atoms with van der Waals surface area (Å²) in [6.07, 6.45) is 4.08. The first-order chi connectivity index (χ1) is 7.63. The van der Waals surface area contributed by atoms with Gasteiger partial charge < -0.3 is 10.2 Å². The molecule has 0 aromatic carbocycles. The summed E-state index contributed by atoms with van der Waals surface area (Å²) in [4.78, 5) is 2.66. The molecule has 1 N–H and O–H groups in total. The van der Waals surface area contributed by atoms with Crippen LogP contribution in [-0.4, -0.2) is 37.1 Å². The Labute approximate surface area is 102 Å². The van der Waals surface area contributed by atoms with E-state index in [2.05, 4.69) is 37.9 Å². The van der Waals surface area contributed by atoms with Crippen LogP contribution >= 0.6 is 0 Å². The molecule has 1 fully saturated rings. The van der Waals surface area contributed by atoms with Crippen molar-refractivity contribution in [3.63, 3.8) is 0 Å². The minimum atomic E-state index is 0.688. The van der Waals surface area contributed by atoms with Crippen molar-refractivity contribution in [2.45, 2.75) is 53.0 Å². The predicted octanol–water partition coefficient (Wildman–Crippen LogP) is 2.74. The van der Waals surface area contributed by atoms with Gasteiger partial charge in [0.25, 0.3) is 0 Å². The number of hydrogen-bond acceptors (Lipinski definition) is 2. The van der Waals surface area contributed by atoms with Crippen LogP contribution in [0.2, 0.25) is 0 Å². The molecule has 2 heteroatoms. The minimum Gasteiger partial charge on any atom is -0.315 e. The Hall–Kier alpha value is -0.0800. The van der Waals surface area contributed by atoms with Gasteiger partial charge in [-0.1, -0.05) is 20.8 Å². The lowest BCUT2D eigenvalue weighted by atomic mass is 9.95. The summed E-state index contributed by atoms with van der Waals surface area (Å²) in [5.41, 5.74) is 0. The molecule has 96 valence electrons. The third kappa shape index (κ3) is 4.84. The predicted molar refractivity (Wildman–Crippen MR) is 71.8 cm³/mol. The average molecular weight is 226 g/mol. The largest absolute Gasteiger partial charge is 0.315 e. The van der Waals surface area contributed by atoms with Gasteiger partial charge in [0.2, 0.25) is 0 Å². The zero-order chi connectivity index (χ0) is 12.0. The van der Waals surface area contributed by atoms with Crippen LogP contribution in [0.1, 0.15) is 47.0 Å². The molecule has 1 heterocycles. The van der Waals surface area contributed by atoms with E-state index >= 15 is 0 Å². The molecule has 2 unspecified atom stereocenters. The SMILES string of the molecule is CCNC(C)CCCN1CCC(C(C)C)C1. The molecule has 0 aromatic rings. The van der Waals surface area contributed by atoms with Gasteiger partial charge in [0.05, 0.1) is 0 Å². The quantitative estimate of drug-likeness (QED) is 0.718. The van der Waals surface area contributed by atoms with Crippen LogP contribution in [0.4, 0.5) is 0 Å². The maximum absolute atomic E-state index is 3.48. The molecule has 1 saturated heterocycles. The summed E-state index contributed by atoms with van der Waals surface area (Å²) in [6.45, 7) is 14.3. The second kappa shape index (κ2) is 7.29. The smallest absolute Gasteiger partial charge is 0.00390 e. The van der Waals surface area contributed by atoms with Gasteiger partial charge in [-0.3, -0.25) is 0 Å². The van der Waals surface area contributed by atoms with Crippen molar-refractivity contribution in [3.05, 3.63) is 0 Å². The van der Waals surface area contributed by atoms with Crippen molar-refractivity contribution in [2.24, 2.45) is 11.8 Å². The van der Waals surface area contributed by atoms with Crippen molar-refractivity contribution in [1.82, 2.24) is 10.2 Å². The first kappa shape index (κ1) is 14.0. The van der Waals surface area contributed by atoms with E-state index in [0.717, 1.165) is 18.4 Å². The Kier molecular flexibility index (Phi) is 6.37. The van der Waals surface area contributed by atoms with E-state index in [0.29, 0.717) is 6.04 Å². The summed E-state index contributed by atoms with van der Waals surface area (Å²) in [5, 5.41) is 3.48. The van der Waals surface area contributed by atoms with Crippen LogP contribution in [0.15, 0.2) is 0 Å². The summed E-state index contributed by atoms with van der Waals surface area (Å²) < 4.78 is 0. The van der Waals surface area contributed by atoms with Gasteiger partial charge in [-0.05, 0) is 57.7 Å².